The molecule has 3 aromatic rings. The van der Waals surface area contributed by atoms with E-state index in [0.717, 1.165) is 45.7 Å². The second kappa shape index (κ2) is 6.57. The molecule has 0 radical (unpaired) electrons. The zero-order valence-electron chi connectivity index (χ0n) is 13.4. The van der Waals surface area contributed by atoms with Gasteiger partial charge in [0, 0.05) is 5.56 Å². The number of pyridine rings is 1. The molecule has 0 saturated heterocycles. The molecule has 0 N–H and O–H groups in total. The van der Waals surface area contributed by atoms with Crippen molar-refractivity contribution in [3.05, 3.63) is 65.9 Å². The molecule has 6 heteroatoms. The van der Waals surface area contributed by atoms with Crippen LogP contribution in [0.1, 0.15) is 30.4 Å². The van der Waals surface area contributed by atoms with Crippen LogP contribution >= 0.6 is 11.8 Å². The van der Waals surface area contributed by atoms with Crippen molar-refractivity contribution >= 4 is 17.5 Å². The molecule has 0 saturated carbocycles. The summed E-state index contributed by atoms with van der Waals surface area (Å²) in [6.45, 7) is 2.68. The van der Waals surface area contributed by atoms with Crippen LogP contribution in [0.4, 0.5) is 0 Å². The van der Waals surface area contributed by atoms with Crippen LogP contribution in [-0.4, -0.2) is 31.2 Å². The van der Waals surface area contributed by atoms with Crippen molar-refractivity contribution in [2.75, 3.05) is 5.75 Å². The summed E-state index contributed by atoms with van der Waals surface area (Å²) >= 11 is 1.77. The minimum atomic E-state index is 0.498. The van der Waals surface area contributed by atoms with Crippen LogP contribution in [0, 0.1) is 0 Å². The lowest BCUT2D eigenvalue weighted by molar-refractivity contribution is 0.867. The Balaban J connectivity index is 1.88. The molecule has 1 aromatic carbocycles. The number of benzene rings is 1. The van der Waals surface area contributed by atoms with E-state index in [9.17, 15) is 0 Å². The maximum atomic E-state index is 4.90. The monoisotopic (exact) mass is 335 g/mol. The SMILES string of the molecule is CCCSc1ccc2c(n1)C(c1ccccc1)=NCc1nncn1-2. The van der Waals surface area contributed by atoms with Gasteiger partial charge in [-0.25, -0.2) is 4.98 Å². The van der Waals surface area contributed by atoms with E-state index in [0.29, 0.717) is 6.54 Å². The molecule has 24 heavy (non-hydrogen) atoms. The summed E-state index contributed by atoms with van der Waals surface area (Å²) in [4.78, 5) is 9.69. The molecule has 0 fully saturated rings. The summed E-state index contributed by atoms with van der Waals surface area (Å²) in [5.41, 5.74) is 3.86. The van der Waals surface area contributed by atoms with Crippen LogP contribution in [0.15, 0.2) is 58.8 Å². The van der Waals surface area contributed by atoms with Crippen molar-refractivity contribution in [3.8, 4) is 5.69 Å². The maximum Gasteiger partial charge on any atom is 0.159 e. The standard InChI is InChI=1S/C18H17N5S/c1-2-10-24-16-9-8-14-18(21-16)17(13-6-4-3-5-7-13)19-11-15-22-20-12-23(14)15/h3-9,12H,2,10-11H2,1H3. The molecule has 1 aliphatic heterocycles. The van der Waals surface area contributed by atoms with E-state index in [1.54, 1.807) is 18.1 Å². The molecular formula is C18H17N5S. The van der Waals surface area contributed by atoms with Gasteiger partial charge in [-0.3, -0.25) is 9.56 Å². The number of hydrogen-bond donors (Lipinski definition) is 0. The molecule has 0 unspecified atom stereocenters. The first-order valence-electron chi connectivity index (χ1n) is 8.00. The molecule has 0 atom stereocenters. The van der Waals surface area contributed by atoms with Crippen LogP contribution in [0.3, 0.4) is 0 Å². The van der Waals surface area contributed by atoms with E-state index in [1.165, 1.54) is 0 Å². The van der Waals surface area contributed by atoms with Gasteiger partial charge in [0.2, 0.25) is 0 Å². The van der Waals surface area contributed by atoms with E-state index in [2.05, 4.69) is 41.4 Å². The number of aliphatic imine (C=N–C) groups is 1. The quantitative estimate of drug-likeness (QED) is 0.685. The summed E-state index contributed by atoms with van der Waals surface area (Å²) in [6, 6.07) is 14.4. The zero-order valence-corrected chi connectivity index (χ0v) is 14.2. The third-order valence-electron chi connectivity index (χ3n) is 3.83. The van der Waals surface area contributed by atoms with E-state index >= 15 is 0 Å². The Morgan fingerprint density at radius 3 is 2.83 bits per heavy atom. The van der Waals surface area contributed by atoms with E-state index in [1.807, 2.05) is 22.8 Å². The van der Waals surface area contributed by atoms with E-state index in [-0.39, 0.29) is 0 Å². The number of aromatic nitrogens is 4. The number of nitrogens with zero attached hydrogens (tertiary/aromatic N) is 5. The Labute approximate surface area is 144 Å². The summed E-state index contributed by atoms with van der Waals surface area (Å²) in [5, 5.41) is 9.24. The normalized spacial score (nSPS) is 13.0. The van der Waals surface area contributed by atoms with Gasteiger partial charge < -0.3 is 0 Å². The molecule has 2 aromatic heterocycles. The third-order valence-corrected chi connectivity index (χ3v) is 4.97. The first kappa shape index (κ1) is 15.1. The van der Waals surface area contributed by atoms with Crippen molar-refractivity contribution in [2.45, 2.75) is 24.9 Å². The lowest BCUT2D eigenvalue weighted by Crippen LogP contribution is -2.10. The Hall–Kier alpha value is -2.47. The van der Waals surface area contributed by atoms with Gasteiger partial charge in [0.05, 0.1) is 16.4 Å². The second-order valence-electron chi connectivity index (χ2n) is 5.51. The maximum absolute atomic E-state index is 4.90. The predicted molar refractivity (Wildman–Crippen MR) is 96.0 cm³/mol. The van der Waals surface area contributed by atoms with Crippen molar-refractivity contribution in [3.63, 3.8) is 0 Å². The smallest absolute Gasteiger partial charge is 0.159 e. The molecular weight excluding hydrogens is 318 g/mol. The summed E-state index contributed by atoms with van der Waals surface area (Å²) in [7, 11) is 0. The van der Waals surface area contributed by atoms with Gasteiger partial charge in [0.25, 0.3) is 0 Å². The van der Waals surface area contributed by atoms with E-state index in [4.69, 9.17) is 9.98 Å². The van der Waals surface area contributed by atoms with Crippen molar-refractivity contribution in [2.24, 2.45) is 4.99 Å². The van der Waals surface area contributed by atoms with Crippen molar-refractivity contribution in [1.82, 2.24) is 19.7 Å². The molecule has 1 aliphatic rings. The summed E-state index contributed by atoms with van der Waals surface area (Å²) in [5.74, 6) is 1.89. The van der Waals surface area contributed by atoms with Crippen molar-refractivity contribution in [1.29, 1.82) is 0 Å². The Morgan fingerprint density at radius 1 is 1.12 bits per heavy atom. The van der Waals surface area contributed by atoms with Crippen LogP contribution < -0.4 is 0 Å². The molecule has 0 aliphatic carbocycles. The summed E-state index contributed by atoms with van der Waals surface area (Å²) < 4.78 is 1.98. The molecule has 5 nitrogen and oxygen atoms in total. The largest absolute Gasteiger partial charge is 0.282 e. The van der Waals surface area contributed by atoms with Crippen molar-refractivity contribution < 1.29 is 0 Å². The first-order valence-corrected chi connectivity index (χ1v) is 8.98. The highest BCUT2D eigenvalue weighted by Crippen LogP contribution is 2.26. The average Bonchev–Trinajstić information content (AvgIpc) is 3.04. The minimum Gasteiger partial charge on any atom is -0.282 e. The number of hydrogen-bond acceptors (Lipinski definition) is 5. The number of fused-ring (bicyclic) bond motifs is 3. The fourth-order valence-electron chi connectivity index (χ4n) is 2.71. The lowest BCUT2D eigenvalue weighted by atomic mass is 10.1. The predicted octanol–water partition coefficient (Wildman–Crippen LogP) is 3.52. The molecule has 0 amide bonds. The van der Waals surface area contributed by atoms with Crippen LogP contribution in [0.5, 0.6) is 0 Å². The highest BCUT2D eigenvalue weighted by atomic mass is 32.2. The Bertz CT molecular complexity index is 885. The highest BCUT2D eigenvalue weighted by Gasteiger charge is 2.21. The van der Waals surface area contributed by atoms with Gasteiger partial charge in [-0.1, -0.05) is 37.3 Å². The van der Waals surface area contributed by atoms with Gasteiger partial charge >= 0.3 is 0 Å². The topological polar surface area (TPSA) is 56.0 Å². The average molecular weight is 335 g/mol. The highest BCUT2D eigenvalue weighted by molar-refractivity contribution is 7.99. The van der Waals surface area contributed by atoms with Gasteiger partial charge in [-0.2, -0.15) is 0 Å². The van der Waals surface area contributed by atoms with Crippen LogP contribution in [0.25, 0.3) is 5.69 Å². The fraction of sp³-hybridized carbons (Fsp3) is 0.222. The van der Waals surface area contributed by atoms with Crippen LogP contribution in [-0.2, 0) is 6.54 Å². The third kappa shape index (κ3) is 2.73. The molecule has 4 rings (SSSR count). The molecule has 0 spiro atoms. The lowest BCUT2D eigenvalue weighted by Gasteiger charge is -2.12. The number of thioether (sulfide) groups is 1. The first-order chi connectivity index (χ1) is 11.9. The molecule has 0 bridgehead atoms. The summed E-state index contributed by atoms with van der Waals surface area (Å²) in [6.07, 6.45) is 2.86. The Kier molecular flexibility index (Phi) is 4.13. The van der Waals surface area contributed by atoms with Crippen LogP contribution in [0.2, 0.25) is 0 Å². The molecule has 120 valence electrons. The van der Waals surface area contributed by atoms with Gasteiger partial charge in [0.15, 0.2) is 5.82 Å². The zero-order chi connectivity index (χ0) is 16.4. The van der Waals surface area contributed by atoms with E-state index < -0.39 is 0 Å². The Morgan fingerprint density at radius 2 is 2.00 bits per heavy atom. The number of rotatable bonds is 4. The molecule has 3 heterocycles. The van der Waals surface area contributed by atoms with Gasteiger partial charge in [-0.05, 0) is 24.3 Å². The van der Waals surface area contributed by atoms with Gasteiger partial charge in [0.1, 0.15) is 18.6 Å². The minimum absolute atomic E-state index is 0.498. The second-order valence-corrected chi connectivity index (χ2v) is 6.63. The van der Waals surface area contributed by atoms with Gasteiger partial charge in [-0.15, -0.1) is 22.0 Å². The fourth-order valence-corrected chi connectivity index (χ4v) is 3.44.